The van der Waals surface area contributed by atoms with Crippen LogP contribution in [0, 0.1) is 0 Å². The van der Waals surface area contributed by atoms with E-state index in [-0.39, 0.29) is 34.5 Å². The van der Waals surface area contributed by atoms with E-state index in [9.17, 15) is 24.3 Å². The predicted molar refractivity (Wildman–Crippen MR) is 145 cm³/mol. The summed E-state index contributed by atoms with van der Waals surface area (Å²) in [6, 6.07) is 0.417. The Morgan fingerprint density at radius 2 is 2.15 bits per heavy atom. The molecule has 15 nitrogen and oxygen atoms in total. The molecule has 208 valence electrons. The van der Waals surface area contributed by atoms with Gasteiger partial charge in [-0.2, -0.15) is 4.57 Å². The van der Waals surface area contributed by atoms with Crippen molar-refractivity contribution in [3.63, 3.8) is 0 Å². The molecule has 1 unspecified atom stereocenters. The number of carbonyl (C=O) groups excluding carboxylic acids is 4. The van der Waals surface area contributed by atoms with Crippen LogP contribution in [-0.4, -0.2) is 75.7 Å². The van der Waals surface area contributed by atoms with E-state index in [0.717, 1.165) is 20.9 Å². The van der Waals surface area contributed by atoms with E-state index in [1.54, 1.807) is 23.0 Å². The van der Waals surface area contributed by atoms with Crippen LogP contribution in [0.5, 0.6) is 0 Å². The fraction of sp³-hybridized carbons (Fsp3) is 0.273. The summed E-state index contributed by atoms with van der Waals surface area (Å²) >= 11 is 3.71. The highest BCUT2D eigenvalue weighted by molar-refractivity contribution is 8.00. The van der Waals surface area contributed by atoms with Crippen LogP contribution < -0.4 is 31.4 Å². The van der Waals surface area contributed by atoms with Gasteiger partial charge < -0.3 is 31.1 Å². The van der Waals surface area contributed by atoms with E-state index >= 15 is 0 Å². The highest BCUT2D eigenvalue weighted by atomic mass is 32.2. The van der Waals surface area contributed by atoms with Crippen molar-refractivity contribution < 1.29 is 33.7 Å². The van der Waals surface area contributed by atoms with Crippen molar-refractivity contribution in [3.05, 3.63) is 40.8 Å². The van der Waals surface area contributed by atoms with Crippen molar-refractivity contribution in [2.75, 3.05) is 31.0 Å². The maximum absolute atomic E-state index is 13.1. The zero-order chi connectivity index (χ0) is 28.6. The maximum atomic E-state index is 13.1. The van der Waals surface area contributed by atoms with E-state index in [4.69, 9.17) is 10.6 Å². The van der Waals surface area contributed by atoms with Gasteiger partial charge in [-0.25, -0.2) is 14.8 Å². The summed E-state index contributed by atoms with van der Waals surface area (Å²) in [6.45, 7) is 0.158. The number of carbonyl (C=O) groups is 4. The third-order valence-electron chi connectivity index (χ3n) is 5.90. The van der Waals surface area contributed by atoms with E-state index in [0.29, 0.717) is 16.2 Å². The summed E-state index contributed by atoms with van der Waals surface area (Å²) in [5.41, 5.74) is 6.51. The number of nitrogen functional groups attached to an aromatic ring is 1. The Hall–Kier alpha value is -4.29. The van der Waals surface area contributed by atoms with Crippen LogP contribution in [0.4, 0.5) is 15.1 Å². The molecule has 0 radical (unpaired) electrons. The molecule has 5 N–H and O–H groups in total. The number of amides is 4. The number of nitrogens with zero attached hydrogens (tertiary/aromatic N) is 5. The third-order valence-corrected chi connectivity index (χ3v) is 8.86. The van der Waals surface area contributed by atoms with Crippen molar-refractivity contribution in [1.29, 1.82) is 0 Å². The van der Waals surface area contributed by atoms with Crippen molar-refractivity contribution in [2.24, 2.45) is 5.16 Å². The number of rotatable bonds is 8. The first-order chi connectivity index (χ1) is 19.2. The molecule has 0 saturated carbocycles. The molecule has 0 bridgehead atoms. The van der Waals surface area contributed by atoms with Gasteiger partial charge in [0.1, 0.15) is 29.7 Å². The summed E-state index contributed by atoms with van der Waals surface area (Å²) in [4.78, 5) is 64.0. The number of urea groups is 1. The smallest absolute Gasteiger partial charge is 0.320 e. The van der Waals surface area contributed by atoms with Gasteiger partial charge in [0.05, 0.1) is 16.4 Å². The highest BCUT2D eigenvalue weighted by Gasteiger charge is 2.53. The molecule has 0 spiro atoms. The number of thiazole rings is 2. The van der Waals surface area contributed by atoms with Crippen molar-refractivity contribution in [2.45, 2.75) is 18.0 Å². The zero-order valence-electron chi connectivity index (χ0n) is 20.9. The Morgan fingerprint density at radius 1 is 1.35 bits per heavy atom. The molecule has 40 heavy (non-hydrogen) atoms. The molecule has 1 fully saturated rings. The molecule has 4 amide bonds. The fourth-order valence-electron chi connectivity index (χ4n) is 4.15. The molecule has 3 aromatic heterocycles. The Kier molecular flexibility index (Phi) is 7.55. The van der Waals surface area contributed by atoms with Crippen LogP contribution in [0.3, 0.4) is 0 Å². The average Bonchev–Trinajstić information content (AvgIpc) is 3.54. The first kappa shape index (κ1) is 27.3. The number of oxime groups is 1. The third kappa shape index (κ3) is 5.15. The van der Waals surface area contributed by atoms with Crippen LogP contribution in [0.25, 0.3) is 10.2 Å². The fourth-order valence-corrected chi connectivity index (χ4v) is 6.86. The second-order valence-electron chi connectivity index (χ2n) is 8.38. The summed E-state index contributed by atoms with van der Waals surface area (Å²) < 4.78 is 2.56. The van der Waals surface area contributed by atoms with Crippen molar-refractivity contribution in [3.8, 4) is 0 Å². The molecular weight excluding hydrogens is 583 g/mol. The monoisotopic (exact) mass is 603 g/mol. The van der Waals surface area contributed by atoms with Gasteiger partial charge in [0, 0.05) is 29.8 Å². The Morgan fingerprint density at radius 3 is 2.83 bits per heavy atom. The molecule has 0 aromatic carbocycles. The van der Waals surface area contributed by atoms with E-state index in [1.807, 2.05) is 0 Å². The minimum absolute atomic E-state index is 0.158. The minimum Gasteiger partial charge on any atom is -0.543 e. The number of aromatic nitrogens is 3. The topological polar surface area (TPSA) is 208 Å². The number of carboxylic acid groups (broad SMARTS) is 1. The Labute approximate surface area is 238 Å². The lowest BCUT2D eigenvalue weighted by molar-refractivity contribution is -0.687. The number of nitrogens with two attached hydrogens (primary N) is 1. The number of hydrogen-bond acceptors (Lipinski definition) is 13. The van der Waals surface area contributed by atoms with Gasteiger partial charge in [0.2, 0.25) is 0 Å². The quantitative estimate of drug-likeness (QED) is 0.105. The van der Waals surface area contributed by atoms with Crippen LogP contribution >= 0.6 is 34.4 Å². The number of anilines is 2. The largest absolute Gasteiger partial charge is 0.543 e. The van der Waals surface area contributed by atoms with E-state index < -0.39 is 35.2 Å². The average molecular weight is 604 g/mol. The number of thioether (sulfide) groups is 1. The van der Waals surface area contributed by atoms with Crippen molar-refractivity contribution >= 4 is 84.4 Å². The molecule has 5 heterocycles. The van der Waals surface area contributed by atoms with Crippen LogP contribution in [0.1, 0.15) is 5.69 Å². The molecule has 2 aliphatic rings. The lowest BCUT2D eigenvalue weighted by atomic mass is 10.0. The van der Waals surface area contributed by atoms with Crippen LogP contribution in [0.2, 0.25) is 0 Å². The van der Waals surface area contributed by atoms with Gasteiger partial charge in [-0.3, -0.25) is 19.8 Å². The Balaban J connectivity index is 1.33. The number of fused-ring (bicyclic) bond motifs is 2. The van der Waals surface area contributed by atoms with E-state index in [2.05, 4.69) is 31.1 Å². The molecule has 2 aliphatic heterocycles. The predicted octanol–water partition coefficient (Wildman–Crippen LogP) is -1.17. The summed E-state index contributed by atoms with van der Waals surface area (Å²) in [5.74, 6) is -2.53. The molecular formula is C22H21N9O6S3. The second kappa shape index (κ2) is 11.1. The maximum Gasteiger partial charge on any atom is 0.320 e. The van der Waals surface area contributed by atoms with Gasteiger partial charge in [0.15, 0.2) is 34.9 Å². The molecule has 2 atom stereocenters. The minimum atomic E-state index is -1.49. The highest BCUT2D eigenvalue weighted by Crippen LogP contribution is 2.40. The van der Waals surface area contributed by atoms with Gasteiger partial charge in [0.25, 0.3) is 11.8 Å². The SMILES string of the molecule is CNC(=O)Nc1nc2c[n+](CC3=C(C(=O)[O-])N4C(=O)C(NC(=O)/C(=N\OC)c5csc(N)n5)[C@H]4SC3)ccc2s1. The number of aliphatic carboxylic acids is 1. The molecule has 5 rings (SSSR count). The standard InChI is InChI=1S/C22H21N9O6S3/c1-24-21(36)28-22-26-10-6-30(4-3-12(10)40-22)5-9-7-38-18-14(17(33)31(18)15(9)19(34)35)27-16(32)13(29-37-2)11-8-39-20(23)25-11/h3-4,6,8,14,18H,5,7H2,1-2H3,(H5-,23,24,25,26,27,28,32,34,35,36)/b29-13-/t14?,18-/m1/s1. The van der Waals surface area contributed by atoms with Crippen LogP contribution in [-0.2, 0) is 25.8 Å². The number of carboxylic acids is 1. The molecule has 18 heteroatoms. The summed E-state index contributed by atoms with van der Waals surface area (Å²) in [7, 11) is 2.76. The first-order valence-corrected chi connectivity index (χ1v) is 14.2. The second-order valence-corrected chi connectivity index (χ2v) is 11.4. The normalized spacial score (nSPS) is 18.7. The van der Waals surface area contributed by atoms with Crippen molar-refractivity contribution in [1.82, 2.24) is 25.5 Å². The van der Waals surface area contributed by atoms with Gasteiger partial charge in [-0.1, -0.05) is 16.5 Å². The van der Waals surface area contributed by atoms with Crippen LogP contribution in [0.15, 0.2) is 40.3 Å². The number of β-lactam (4-membered cyclic amide) rings is 1. The lowest BCUT2D eigenvalue weighted by Gasteiger charge is -2.50. The first-order valence-electron chi connectivity index (χ1n) is 11.5. The Bertz CT molecular complexity index is 1600. The van der Waals surface area contributed by atoms with Gasteiger partial charge in [-0.05, 0) is 0 Å². The summed E-state index contributed by atoms with van der Waals surface area (Å²) in [5, 5.41) is 25.1. The number of nitrogens with one attached hydrogen (secondary N) is 3. The van der Waals surface area contributed by atoms with Gasteiger partial charge in [-0.15, -0.1) is 23.1 Å². The lowest BCUT2D eigenvalue weighted by Crippen LogP contribution is -2.71. The number of hydrogen-bond donors (Lipinski definition) is 4. The molecule has 3 aromatic rings. The summed E-state index contributed by atoms with van der Waals surface area (Å²) in [6.07, 6.45) is 3.48. The number of pyridine rings is 1. The van der Waals surface area contributed by atoms with Gasteiger partial charge >= 0.3 is 6.03 Å². The molecule has 1 saturated heterocycles. The zero-order valence-corrected chi connectivity index (χ0v) is 23.3. The molecule has 0 aliphatic carbocycles. The van der Waals surface area contributed by atoms with E-state index in [1.165, 1.54) is 42.6 Å².